The van der Waals surface area contributed by atoms with Gasteiger partial charge in [-0.3, -0.25) is 0 Å². The molecule has 0 atom stereocenters. The highest BCUT2D eigenvalue weighted by Gasteiger charge is 2.22. The number of rotatable bonds is 4. The summed E-state index contributed by atoms with van der Waals surface area (Å²) in [4.78, 5) is 5.86. The molecule has 1 aromatic heterocycles. The fourth-order valence-electron chi connectivity index (χ4n) is 3.88. The van der Waals surface area contributed by atoms with E-state index in [-0.39, 0.29) is 5.82 Å². The minimum Gasteiger partial charge on any atom is -0.361 e. The average molecular weight is 322 g/mol. The van der Waals surface area contributed by atoms with Crippen molar-refractivity contribution in [1.29, 1.82) is 0 Å². The van der Waals surface area contributed by atoms with Crippen LogP contribution in [0.4, 0.5) is 4.39 Å². The quantitative estimate of drug-likeness (QED) is 0.736. The zero-order chi connectivity index (χ0) is 16.4. The van der Waals surface area contributed by atoms with Crippen molar-refractivity contribution in [1.82, 2.24) is 9.88 Å². The summed E-state index contributed by atoms with van der Waals surface area (Å²) >= 11 is 0. The van der Waals surface area contributed by atoms with E-state index in [4.69, 9.17) is 0 Å². The molecule has 2 aromatic carbocycles. The van der Waals surface area contributed by atoms with E-state index >= 15 is 0 Å². The molecule has 0 radical (unpaired) electrons. The van der Waals surface area contributed by atoms with E-state index in [9.17, 15) is 4.39 Å². The zero-order valence-corrected chi connectivity index (χ0v) is 13.8. The number of nitrogens with one attached hydrogen (secondary N) is 1. The number of para-hydroxylation sites is 1. The van der Waals surface area contributed by atoms with Gasteiger partial charge in [0, 0.05) is 23.6 Å². The molecule has 0 aliphatic carbocycles. The van der Waals surface area contributed by atoms with Crippen LogP contribution in [-0.2, 0) is 6.42 Å². The van der Waals surface area contributed by atoms with Crippen molar-refractivity contribution in [2.45, 2.75) is 25.2 Å². The molecule has 0 amide bonds. The summed E-state index contributed by atoms with van der Waals surface area (Å²) in [6.07, 6.45) is 5.34. The highest BCUT2D eigenvalue weighted by molar-refractivity contribution is 5.83. The third kappa shape index (κ3) is 3.09. The van der Waals surface area contributed by atoms with Gasteiger partial charge in [-0.2, -0.15) is 0 Å². The Kier molecular flexibility index (Phi) is 4.35. The predicted octanol–water partition coefficient (Wildman–Crippen LogP) is 4.73. The number of piperidine rings is 1. The van der Waals surface area contributed by atoms with E-state index < -0.39 is 0 Å². The highest BCUT2D eigenvalue weighted by atomic mass is 19.1. The van der Waals surface area contributed by atoms with E-state index in [1.165, 1.54) is 29.3 Å². The predicted molar refractivity (Wildman–Crippen MR) is 96.8 cm³/mol. The Hall–Kier alpha value is -2.13. The number of hydrogen-bond acceptors (Lipinski definition) is 1. The second-order valence-electron chi connectivity index (χ2n) is 6.75. The fourth-order valence-corrected chi connectivity index (χ4v) is 3.88. The van der Waals surface area contributed by atoms with E-state index in [0.717, 1.165) is 31.6 Å². The standard InChI is InChI=1S/C21H23FN2/c22-20-7-3-1-5-17(20)11-14-24-12-9-16(10-13-24)19-15-23-21-8-4-2-6-18(19)21/h1-8,15-16,23H,9-14H2. The second kappa shape index (κ2) is 6.78. The summed E-state index contributed by atoms with van der Waals surface area (Å²) in [5, 5.41) is 1.36. The molecule has 24 heavy (non-hydrogen) atoms. The van der Waals surface area contributed by atoms with Crippen LogP contribution in [0.15, 0.2) is 54.7 Å². The average Bonchev–Trinajstić information content (AvgIpc) is 3.06. The van der Waals surface area contributed by atoms with Crippen LogP contribution in [0, 0.1) is 5.82 Å². The van der Waals surface area contributed by atoms with Gasteiger partial charge in [0.2, 0.25) is 0 Å². The third-order valence-corrected chi connectivity index (χ3v) is 5.30. The van der Waals surface area contributed by atoms with Crippen LogP contribution in [0.2, 0.25) is 0 Å². The van der Waals surface area contributed by atoms with Crippen molar-refractivity contribution in [3.8, 4) is 0 Å². The van der Waals surface area contributed by atoms with Crippen molar-refractivity contribution in [2.75, 3.05) is 19.6 Å². The first-order valence-corrected chi connectivity index (χ1v) is 8.83. The molecule has 3 heteroatoms. The monoisotopic (exact) mass is 322 g/mol. The maximum absolute atomic E-state index is 13.7. The molecular weight excluding hydrogens is 299 g/mol. The van der Waals surface area contributed by atoms with Gasteiger partial charge in [0.15, 0.2) is 0 Å². The Morgan fingerprint density at radius 1 is 1.00 bits per heavy atom. The summed E-state index contributed by atoms with van der Waals surface area (Å²) in [6.45, 7) is 3.14. The Labute approximate surface area is 142 Å². The topological polar surface area (TPSA) is 19.0 Å². The van der Waals surface area contributed by atoms with Crippen LogP contribution < -0.4 is 0 Å². The lowest BCUT2D eigenvalue weighted by Gasteiger charge is -2.32. The molecule has 1 aliphatic heterocycles. The molecule has 1 aliphatic rings. The molecule has 3 aromatic rings. The number of hydrogen-bond donors (Lipinski definition) is 1. The summed E-state index contributed by atoms with van der Waals surface area (Å²) in [5.74, 6) is 0.553. The summed E-state index contributed by atoms with van der Waals surface area (Å²) in [5.41, 5.74) is 3.52. The van der Waals surface area contributed by atoms with Gasteiger partial charge < -0.3 is 9.88 Å². The van der Waals surface area contributed by atoms with E-state index in [0.29, 0.717) is 5.92 Å². The number of fused-ring (bicyclic) bond motifs is 1. The van der Waals surface area contributed by atoms with Crippen LogP contribution in [0.5, 0.6) is 0 Å². The molecule has 1 fully saturated rings. The van der Waals surface area contributed by atoms with Gasteiger partial charge in [0.05, 0.1) is 0 Å². The zero-order valence-electron chi connectivity index (χ0n) is 13.8. The maximum Gasteiger partial charge on any atom is 0.126 e. The largest absolute Gasteiger partial charge is 0.361 e. The van der Waals surface area contributed by atoms with Crippen molar-refractivity contribution < 1.29 is 4.39 Å². The smallest absolute Gasteiger partial charge is 0.126 e. The number of benzene rings is 2. The van der Waals surface area contributed by atoms with Crippen LogP contribution in [-0.4, -0.2) is 29.5 Å². The molecule has 1 saturated heterocycles. The van der Waals surface area contributed by atoms with E-state index in [1.54, 1.807) is 12.1 Å². The second-order valence-corrected chi connectivity index (χ2v) is 6.75. The number of aromatic nitrogens is 1. The van der Waals surface area contributed by atoms with Crippen molar-refractivity contribution in [3.63, 3.8) is 0 Å². The van der Waals surface area contributed by atoms with E-state index in [2.05, 4.69) is 40.3 Å². The minimum absolute atomic E-state index is 0.0776. The summed E-state index contributed by atoms with van der Waals surface area (Å²) in [7, 11) is 0. The Morgan fingerprint density at radius 2 is 1.75 bits per heavy atom. The van der Waals surface area contributed by atoms with Gasteiger partial charge in [0.25, 0.3) is 0 Å². The maximum atomic E-state index is 13.7. The van der Waals surface area contributed by atoms with E-state index in [1.807, 2.05) is 12.1 Å². The molecule has 0 spiro atoms. The number of H-pyrrole nitrogens is 1. The van der Waals surface area contributed by atoms with Gasteiger partial charge in [-0.1, -0.05) is 36.4 Å². The number of aromatic amines is 1. The first kappa shape index (κ1) is 15.4. The van der Waals surface area contributed by atoms with Crippen LogP contribution in [0.3, 0.4) is 0 Å². The van der Waals surface area contributed by atoms with Crippen molar-refractivity contribution >= 4 is 10.9 Å². The molecule has 1 N–H and O–H groups in total. The van der Waals surface area contributed by atoms with Gasteiger partial charge >= 0.3 is 0 Å². The van der Waals surface area contributed by atoms with Gasteiger partial charge in [0.1, 0.15) is 5.82 Å². The van der Waals surface area contributed by atoms with Gasteiger partial charge in [-0.05, 0) is 61.5 Å². The minimum atomic E-state index is -0.0776. The lowest BCUT2D eigenvalue weighted by atomic mass is 9.89. The lowest BCUT2D eigenvalue weighted by Crippen LogP contribution is -2.34. The van der Waals surface area contributed by atoms with Gasteiger partial charge in [-0.25, -0.2) is 4.39 Å². The first-order valence-electron chi connectivity index (χ1n) is 8.83. The SMILES string of the molecule is Fc1ccccc1CCN1CCC(c2c[nH]c3ccccc23)CC1. The molecular formula is C21H23FN2. The highest BCUT2D eigenvalue weighted by Crippen LogP contribution is 2.33. The van der Waals surface area contributed by atoms with Crippen molar-refractivity contribution in [3.05, 3.63) is 71.7 Å². The van der Waals surface area contributed by atoms with Crippen LogP contribution in [0.1, 0.15) is 29.9 Å². The number of likely N-dealkylation sites (tertiary alicyclic amines) is 1. The van der Waals surface area contributed by atoms with Gasteiger partial charge in [-0.15, -0.1) is 0 Å². The Morgan fingerprint density at radius 3 is 2.58 bits per heavy atom. The molecule has 0 bridgehead atoms. The normalized spacial score (nSPS) is 16.7. The number of halogens is 1. The third-order valence-electron chi connectivity index (χ3n) is 5.30. The first-order chi connectivity index (χ1) is 11.8. The lowest BCUT2D eigenvalue weighted by molar-refractivity contribution is 0.214. The number of nitrogens with zero attached hydrogens (tertiary/aromatic N) is 1. The fraction of sp³-hybridized carbons (Fsp3) is 0.333. The summed E-state index contributed by atoms with van der Waals surface area (Å²) in [6, 6.07) is 15.7. The van der Waals surface area contributed by atoms with Crippen molar-refractivity contribution in [2.24, 2.45) is 0 Å². The summed E-state index contributed by atoms with van der Waals surface area (Å²) < 4.78 is 13.7. The Balaban J connectivity index is 1.36. The molecule has 2 nitrogen and oxygen atoms in total. The Bertz CT molecular complexity index is 815. The molecule has 0 unspecified atom stereocenters. The molecule has 2 heterocycles. The molecule has 0 saturated carbocycles. The molecule has 124 valence electrons. The molecule has 4 rings (SSSR count). The van der Waals surface area contributed by atoms with Crippen LogP contribution in [0.25, 0.3) is 10.9 Å². The van der Waals surface area contributed by atoms with Crippen LogP contribution >= 0.6 is 0 Å².